The fraction of sp³-hybridized carbons (Fsp3) is 0.522. The lowest BCUT2D eigenvalue weighted by Crippen LogP contribution is -2.48. The molecule has 1 heterocycles. The summed E-state index contributed by atoms with van der Waals surface area (Å²) in [6.45, 7) is 1.66. The van der Waals surface area contributed by atoms with Crippen LogP contribution in [-0.2, 0) is 10.2 Å². The van der Waals surface area contributed by atoms with E-state index in [0.29, 0.717) is 15.7 Å². The van der Waals surface area contributed by atoms with E-state index in [-0.39, 0.29) is 17.2 Å². The zero-order valence-electron chi connectivity index (χ0n) is 17.0. The minimum Gasteiger partial charge on any atom is -0.340 e. The standard InChI is InChI=1S/C23H26ClN3O2S/c1-13(25-21(29)17-4-2-3-5-18(17)24)20(28)27-22-26-19(12-30-22)23-9-14-6-15(10-23)8-16(7-14)11-23/h2-5,12-16H,6-11H2,1H3,(H,25,29)(H,26,27,28)/t13-,14?,15?,16?,23?/m0/s1. The van der Waals surface area contributed by atoms with Crippen LogP contribution >= 0.6 is 22.9 Å². The maximum Gasteiger partial charge on any atom is 0.253 e. The average Bonchev–Trinajstić information content (AvgIpc) is 3.16. The van der Waals surface area contributed by atoms with Crippen molar-refractivity contribution in [2.24, 2.45) is 17.8 Å². The van der Waals surface area contributed by atoms with E-state index in [9.17, 15) is 9.59 Å². The number of aromatic nitrogens is 1. The molecule has 0 saturated heterocycles. The molecule has 158 valence electrons. The lowest BCUT2D eigenvalue weighted by molar-refractivity contribution is -0.117. The van der Waals surface area contributed by atoms with Gasteiger partial charge in [0, 0.05) is 10.8 Å². The van der Waals surface area contributed by atoms with Gasteiger partial charge in [0.2, 0.25) is 5.91 Å². The van der Waals surface area contributed by atoms with Gasteiger partial charge in [-0.15, -0.1) is 11.3 Å². The molecule has 0 aliphatic heterocycles. The highest BCUT2D eigenvalue weighted by molar-refractivity contribution is 7.14. The SMILES string of the molecule is C[C@H](NC(=O)c1ccccc1Cl)C(=O)Nc1nc(C23CC4CC(CC(C4)C2)C3)cs1. The van der Waals surface area contributed by atoms with Crippen LogP contribution in [0.5, 0.6) is 0 Å². The molecular weight excluding hydrogens is 418 g/mol. The third kappa shape index (κ3) is 3.65. The zero-order chi connectivity index (χ0) is 20.9. The summed E-state index contributed by atoms with van der Waals surface area (Å²) in [4.78, 5) is 29.9. The first-order valence-corrected chi connectivity index (χ1v) is 12.0. The van der Waals surface area contributed by atoms with Gasteiger partial charge in [-0.1, -0.05) is 23.7 Å². The smallest absolute Gasteiger partial charge is 0.253 e. The van der Waals surface area contributed by atoms with E-state index in [1.165, 1.54) is 49.9 Å². The maximum absolute atomic E-state index is 12.6. The highest BCUT2D eigenvalue weighted by Crippen LogP contribution is 2.60. The van der Waals surface area contributed by atoms with Crippen LogP contribution in [0.1, 0.15) is 61.5 Å². The van der Waals surface area contributed by atoms with Crippen molar-refractivity contribution in [1.29, 1.82) is 0 Å². The van der Waals surface area contributed by atoms with E-state index in [0.717, 1.165) is 23.4 Å². The van der Waals surface area contributed by atoms with Crippen LogP contribution in [0.25, 0.3) is 0 Å². The molecule has 2 aromatic rings. The summed E-state index contributed by atoms with van der Waals surface area (Å²) in [6.07, 6.45) is 7.95. The number of halogens is 1. The summed E-state index contributed by atoms with van der Waals surface area (Å²) >= 11 is 7.56. The van der Waals surface area contributed by atoms with Gasteiger partial charge < -0.3 is 10.6 Å². The average molecular weight is 444 g/mol. The molecule has 4 aliphatic carbocycles. The highest BCUT2D eigenvalue weighted by atomic mass is 35.5. The van der Waals surface area contributed by atoms with E-state index in [2.05, 4.69) is 16.0 Å². The molecule has 1 aromatic heterocycles. The van der Waals surface area contributed by atoms with E-state index in [1.807, 2.05) is 0 Å². The summed E-state index contributed by atoms with van der Waals surface area (Å²) in [7, 11) is 0. The number of amides is 2. The van der Waals surface area contributed by atoms with Crippen LogP contribution in [0, 0.1) is 17.8 Å². The lowest BCUT2D eigenvalue weighted by Gasteiger charge is -2.56. The van der Waals surface area contributed by atoms with Gasteiger partial charge in [0.05, 0.1) is 16.3 Å². The Hall–Kier alpha value is -1.92. The molecule has 2 amide bonds. The number of nitrogens with zero attached hydrogens (tertiary/aromatic N) is 1. The van der Waals surface area contributed by atoms with Crippen molar-refractivity contribution in [1.82, 2.24) is 10.3 Å². The molecule has 1 atom stereocenters. The van der Waals surface area contributed by atoms with Gasteiger partial charge in [-0.2, -0.15) is 0 Å². The molecule has 1 aromatic carbocycles. The monoisotopic (exact) mass is 443 g/mol. The number of carbonyl (C=O) groups excluding carboxylic acids is 2. The summed E-state index contributed by atoms with van der Waals surface area (Å²) in [5.41, 5.74) is 1.74. The van der Waals surface area contributed by atoms with Gasteiger partial charge >= 0.3 is 0 Å². The number of benzene rings is 1. The lowest BCUT2D eigenvalue weighted by atomic mass is 9.49. The molecule has 0 radical (unpaired) electrons. The number of carbonyl (C=O) groups is 2. The van der Waals surface area contributed by atoms with E-state index in [1.54, 1.807) is 31.2 Å². The minimum atomic E-state index is -0.694. The van der Waals surface area contributed by atoms with Crippen molar-refractivity contribution in [3.05, 3.63) is 45.9 Å². The molecule has 4 aliphatic rings. The molecule has 4 saturated carbocycles. The Morgan fingerprint density at radius 1 is 1.13 bits per heavy atom. The molecule has 6 rings (SSSR count). The molecule has 0 spiro atoms. The Morgan fingerprint density at radius 3 is 2.40 bits per heavy atom. The Morgan fingerprint density at radius 2 is 1.77 bits per heavy atom. The van der Waals surface area contributed by atoms with Crippen LogP contribution in [0.2, 0.25) is 5.02 Å². The first-order valence-electron chi connectivity index (χ1n) is 10.7. The van der Waals surface area contributed by atoms with Crippen LogP contribution < -0.4 is 10.6 Å². The summed E-state index contributed by atoms with van der Waals surface area (Å²) in [5, 5.41) is 8.71. The first-order chi connectivity index (χ1) is 14.4. The fourth-order valence-electron chi connectivity index (χ4n) is 6.20. The van der Waals surface area contributed by atoms with Crippen molar-refractivity contribution in [3.63, 3.8) is 0 Å². The number of anilines is 1. The topological polar surface area (TPSA) is 71.1 Å². The van der Waals surface area contributed by atoms with Gasteiger partial charge in [0.1, 0.15) is 6.04 Å². The highest BCUT2D eigenvalue weighted by Gasteiger charge is 2.52. The Kier molecular flexibility index (Phi) is 5.10. The molecular formula is C23H26ClN3O2S. The van der Waals surface area contributed by atoms with Gasteiger partial charge in [-0.05, 0) is 75.3 Å². The van der Waals surface area contributed by atoms with E-state index in [4.69, 9.17) is 16.6 Å². The van der Waals surface area contributed by atoms with Gasteiger partial charge in [-0.25, -0.2) is 4.98 Å². The molecule has 5 nitrogen and oxygen atoms in total. The second kappa shape index (κ2) is 7.65. The summed E-state index contributed by atoms with van der Waals surface area (Å²) in [5.74, 6) is 1.93. The van der Waals surface area contributed by atoms with Crippen molar-refractivity contribution in [2.75, 3.05) is 5.32 Å². The predicted molar refractivity (Wildman–Crippen MR) is 119 cm³/mol. The van der Waals surface area contributed by atoms with E-state index >= 15 is 0 Å². The Bertz CT molecular complexity index is 953. The Labute approximate surface area is 185 Å². The molecule has 0 unspecified atom stereocenters. The normalized spacial score (nSPS) is 30.1. The van der Waals surface area contributed by atoms with Crippen molar-refractivity contribution in [2.45, 2.75) is 56.9 Å². The maximum atomic E-state index is 12.6. The second-order valence-electron chi connectivity index (χ2n) is 9.40. The molecule has 30 heavy (non-hydrogen) atoms. The molecule has 4 bridgehead atoms. The van der Waals surface area contributed by atoms with Crippen LogP contribution in [-0.4, -0.2) is 22.8 Å². The minimum absolute atomic E-state index is 0.220. The van der Waals surface area contributed by atoms with Gasteiger partial charge in [0.15, 0.2) is 5.13 Å². The number of nitrogens with one attached hydrogen (secondary N) is 2. The quantitative estimate of drug-likeness (QED) is 0.681. The Balaban J connectivity index is 1.24. The first kappa shape index (κ1) is 20.0. The van der Waals surface area contributed by atoms with Crippen LogP contribution in [0.3, 0.4) is 0 Å². The van der Waals surface area contributed by atoms with E-state index < -0.39 is 6.04 Å². The number of hydrogen-bond acceptors (Lipinski definition) is 4. The predicted octanol–water partition coefficient (Wildman–Crippen LogP) is 5.02. The third-order valence-electron chi connectivity index (χ3n) is 7.18. The fourth-order valence-corrected chi connectivity index (χ4v) is 7.26. The molecule has 4 fully saturated rings. The largest absolute Gasteiger partial charge is 0.340 e. The summed E-state index contributed by atoms with van der Waals surface area (Å²) in [6, 6.07) is 6.11. The zero-order valence-corrected chi connectivity index (χ0v) is 18.6. The van der Waals surface area contributed by atoms with Crippen LogP contribution in [0.15, 0.2) is 29.6 Å². The molecule has 2 N–H and O–H groups in total. The van der Waals surface area contributed by atoms with Gasteiger partial charge in [-0.3, -0.25) is 9.59 Å². The third-order valence-corrected chi connectivity index (χ3v) is 8.26. The van der Waals surface area contributed by atoms with Crippen molar-refractivity contribution in [3.8, 4) is 0 Å². The summed E-state index contributed by atoms with van der Waals surface area (Å²) < 4.78 is 0. The molecule has 7 heteroatoms. The van der Waals surface area contributed by atoms with Crippen molar-refractivity contribution >= 4 is 39.9 Å². The van der Waals surface area contributed by atoms with Gasteiger partial charge in [0.25, 0.3) is 5.91 Å². The second-order valence-corrected chi connectivity index (χ2v) is 10.7. The van der Waals surface area contributed by atoms with Crippen LogP contribution in [0.4, 0.5) is 5.13 Å². The van der Waals surface area contributed by atoms with Crippen molar-refractivity contribution < 1.29 is 9.59 Å². The number of thiazole rings is 1. The number of rotatable bonds is 5. The number of hydrogen-bond donors (Lipinski definition) is 2.